The molecule has 0 radical (unpaired) electrons. The van der Waals surface area contributed by atoms with Gasteiger partial charge in [0.15, 0.2) is 0 Å². The maximum absolute atomic E-state index is 13.4. The van der Waals surface area contributed by atoms with Gasteiger partial charge in [-0.25, -0.2) is 13.4 Å². The summed E-state index contributed by atoms with van der Waals surface area (Å²) in [4.78, 5) is 13.4. The fourth-order valence-electron chi connectivity index (χ4n) is 4.97. The molecule has 2 aliphatic rings. The molecule has 1 fully saturated rings. The van der Waals surface area contributed by atoms with Crippen LogP contribution in [0.15, 0.2) is 66.0 Å². The van der Waals surface area contributed by atoms with E-state index in [1.807, 2.05) is 6.08 Å². The largest absolute Gasteiger partial charge is 0.480 e. The molecule has 0 spiro atoms. The van der Waals surface area contributed by atoms with Crippen LogP contribution in [-0.2, 0) is 14.8 Å². The Balaban J connectivity index is 1.33. The van der Waals surface area contributed by atoms with Crippen molar-refractivity contribution in [3.63, 3.8) is 0 Å². The van der Waals surface area contributed by atoms with E-state index in [4.69, 9.17) is 9.47 Å². The van der Waals surface area contributed by atoms with Crippen molar-refractivity contribution >= 4 is 27.0 Å². The maximum Gasteiger partial charge on any atom is 0.267 e. The van der Waals surface area contributed by atoms with Crippen LogP contribution < -0.4 is 14.4 Å². The Morgan fingerprint density at radius 3 is 2.41 bits per heavy atom. The molecular weight excluding hydrogens is 514 g/mol. The van der Waals surface area contributed by atoms with Gasteiger partial charge in [-0.05, 0) is 61.2 Å². The number of piperazine rings is 1. The Labute approximate surface area is 230 Å². The second-order valence-corrected chi connectivity index (χ2v) is 11.7. The lowest BCUT2D eigenvalue weighted by atomic mass is 10.0. The molecule has 2 aliphatic heterocycles. The highest BCUT2D eigenvalue weighted by molar-refractivity contribution is 7.92. The van der Waals surface area contributed by atoms with E-state index in [9.17, 15) is 8.42 Å². The molecule has 0 unspecified atom stereocenters. The molecule has 39 heavy (non-hydrogen) atoms. The third kappa shape index (κ3) is 6.24. The second kappa shape index (κ2) is 11.7. The summed E-state index contributed by atoms with van der Waals surface area (Å²) < 4.78 is 40.2. The molecule has 0 amide bonds. The maximum atomic E-state index is 13.4. The second-order valence-electron chi connectivity index (χ2n) is 10.0. The van der Waals surface area contributed by atoms with E-state index in [0.717, 1.165) is 48.4 Å². The number of pyridine rings is 2. The number of benzene rings is 1. The Morgan fingerprint density at radius 1 is 0.974 bits per heavy atom. The molecule has 0 bridgehead atoms. The summed E-state index contributed by atoms with van der Waals surface area (Å²) in [6.07, 6.45) is 7.49. The standard InChI is InChI=1S/C29H35N5O4S/c1-21(2)33-10-12-34(13-11-33)27-6-4-22(5-7-27)24-16-26(20-30-18-24)32-39(35,36)28-17-25(19-31-29(28)37-3)23-8-14-38-15-9-23/h4-8,16-21,32H,9-15H2,1-3H3. The smallest absolute Gasteiger partial charge is 0.267 e. The number of aromatic nitrogens is 2. The molecule has 2 aromatic heterocycles. The predicted molar refractivity (Wildman–Crippen MR) is 154 cm³/mol. The third-order valence-corrected chi connectivity index (χ3v) is 8.61. The number of nitrogens with zero attached hydrogens (tertiary/aromatic N) is 4. The average molecular weight is 550 g/mol. The van der Waals surface area contributed by atoms with Gasteiger partial charge >= 0.3 is 0 Å². The first kappa shape index (κ1) is 27.1. The summed E-state index contributed by atoms with van der Waals surface area (Å²) in [5, 5.41) is 0. The Morgan fingerprint density at radius 2 is 1.74 bits per heavy atom. The molecule has 4 heterocycles. The number of methoxy groups -OCH3 is 1. The molecule has 9 nitrogen and oxygen atoms in total. The Kier molecular flexibility index (Phi) is 8.15. The van der Waals surface area contributed by atoms with Gasteiger partial charge in [-0.2, -0.15) is 0 Å². The van der Waals surface area contributed by atoms with Gasteiger partial charge < -0.3 is 14.4 Å². The number of sulfonamides is 1. The van der Waals surface area contributed by atoms with E-state index < -0.39 is 10.0 Å². The first-order chi connectivity index (χ1) is 18.8. The molecule has 0 aliphatic carbocycles. The van der Waals surface area contributed by atoms with Gasteiger partial charge in [0, 0.05) is 55.9 Å². The van der Waals surface area contributed by atoms with E-state index in [1.54, 1.807) is 24.5 Å². The molecule has 1 saturated heterocycles. The van der Waals surface area contributed by atoms with Crippen LogP contribution in [0.5, 0.6) is 5.88 Å². The van der Waals surface area contributed by atoms with Gasteiger partial charge in [0.1, 0.15) is 4.90 Å². The first-order valence-corrected chi connectivity index (χ1v) is 14.7. The van der Waals surface area contributed by atoms with Crippen LogP contribution in [0.4, 0.5) is 11.4 Å². The monoisotopic (exact) mass is 549 g/mol. The van der Waals surface area contributed by atoms with E-state index in [2.05, 4.69) is 62.6 Å². The highest BCUT2D eigenvalue weighted by Gasteiger charge is 2.23. The van der Waals surface area contributed by atoms with Gasteiger partial charge in [0.2, 0.25) is 5.88 Å². The van der Waals surface area contributed by atoms with Crippen LogP contribution in [0.2, 0.25) is 0 Å². The van der Waals surface area contributed by atoms with Gasteiger partial charge in [-0.3, -0.25) is 14.6 Å². The number of rotatable bonds is 8. The van der Waals surface area contributed by atoms with Crippen molar-refractivity contribution in [2.45, 2.75) is 31.2 Å². The van der Waals surface area contributed by atoms with Crippen LogP contribution in [0, 0.1) is 0 Å². The van der Waals surface area contributed by atoms with Crippen molar-refractivity contribution in [1.82, 2.24) is 14.9 Å². The normalized spacial score (nSPS) is 16.7. The van der Waals surface area contributed by atoms with E-state index in [0.29, 0.717) is 31.4 Å². The number of ether oxygens (including phenoxy) is 2. The summed E-state index contributed by atoms with van der Waals surface area (Å²) >= 11 is 0. The van der Waals surface area contributed by atoms with Crippen molar-refractivity contribution in [3.05, 3.63) is 66.6 Å². The molecule has 0 saturated carbocycles. The van der Waals surface area contributed by atoms with Crippen molar-refractivity contribution in [2.75, 3.05) is 56.1 Å². The van der Waals surface area contributed by atoms with Crippen molar-refractivity contribution in [2.24, 2.45) is 0 Å². The van der Waals surface area contributed by atoms with Crippen LogP contribution in [0.1, 0.15) is 25.8 Å². The fraction of sp³-hybridized carbons (Fsp3) is 0.379. The van der Waals surface area contributed by atoms with Crippen molar-refractivity contribution in [1.29, 1.82) is 0 Å². The van der Waals surface area contributed by atoms with Gasteiger partial charge in [0.25, 0.3) is 10.0 Å². The summed E-state index contributed by atoms with van der Waals surface area (Å²) in [6.45, 7) is 9.68. The molecule has 0 atom stereocenters. The number of nitrogens with one attached hydrogen (secondary N) is 1. The summed E-state index contributed by atoms with van der Waals surface area (Å²) in [7, 11) is -2.59. The lowest BCUT2D eigenvalue weighted by Gasteiger charge is -2.38. The van der Waals surface area contributed by atoms with E-state index in [1.165, 1.54) is 19.0 Å². The van der Waals surface area contributed by atoms with Gasteiger partial charge in [-0.15, -0.1) is 0 Å². The van der Waals surface area contributed by atoms with Crippen LogP contribution in [0.3, 0.4) is 0 Å². The number of anilines is 2. The number of hydrogen-bond acceptors (Lipinski definition) is 8. The molecule has 206 valence electrons. The molecule has 10 heteroatoms. The predicted octanol–water partition coefficient (Wildman–Crippen LogP) is 4.29. The van der Waals surface area contributed by atoms with Crippen molar-refractivity contribution in [3.8, 4) is 17.0 Å². The van der Waals surface area contributed by atoms with Crippen LogP contribution in [0.25, 0.3) is 16.7 Å². The minimum absolute atomic E-state index is 0.0257. The topological polar surface area (TPSA) is 96.9 Å². The summed E-state index contributed by atoms with van der Waals surface area (Å²) in [5.41, 5.74) is 5.06. The lowest BCUT2D eigenvalue weighted by Crippen LogP contribution is -2.48. The SMILES string of the molecule is COc1ncc(C2=CCOCC2)cc1S(=O)(=O)Nc1cncc(-c2ccc(N3CCN(C(C)C)CC3)cc2)c1. The third-order valence-electron chi connectivity index (χ3n) is 7.24. The first-order valence-electron chi connectivity index (χ1n) is 13.2. The molecule has 3 aromatic rings. The van der Waals surface area contributed by atoms with Crippen LogP contribution >= 0.6 is 0 Å². The van der Waals surface area contributed by atoms with Crippen molar-refractivity contribution < 1.29 is 17.9 Å². The minimum atomic E-state index is -3.99. The molecule has 1 aromatic carbocycles. The zero-order valence-electron chi connectivity index (χ0n) is 22.6. The molecule has 5 rings (SSSR count). The van der Waals surface area contributed by atoms with E-state index in [-0.39, 0.29) is 10.8 Å². The Hall–Kier alpha value is -3.47. The lowest BCUT2D eigenvalue weighted by molar-refractivity contribution is 0.161. The molecule has 1 N–H and O–H groups in total. The van der Waals surface area contributed by atoms with Gasteiger partial charge in [-0.1, -0.05) is 18.2 Å². The highest BCUT2D eigenvalue weighted by atomic mass is 32.2. The summed E-state index contributed by atoms with van der Waals surface area (Å²) in [5.74, 6) is 0.0350. The zero-order valence-corrected chi connectivity index (χ0v) is 23.4. The minimum Gasteiger partial charge on any atom is -0.480 e. The zero-order chi connectivity index (χ0) is 27.4. The summed E-state index contributed by atoms with van der Waals surface area (Å²) in [6, 6.07) is 12.3. The fourth-order valence-corrected chi connectivity index (χ4v) is 6.15. The van der Waals surface area contributed by atoms with Crippen LogP contribution in [-0.4, -0.2) is 75.8 Å². The average Bonchev–Trinajstić information content (AvgIpc) is 2.97. The van der Waals surface area contributed by atoms with Gasteiger partial charge in [0.05, 0.1) is 32.2 Å². The quantitative estimate of drug-likeness (QED) is 0.445. The highest BCUT2D eigenvalue weighted by Crippen LogP contribution is 2.30. The Bertz CT molecular complexity index is 1430. The van der Waals surface area contributed by atoms with E-state index >= 15 is 0 Å². The molecular formula is C29H35N5O4S. The number of hydrogen-bond donors (Lipinski definition) is 1.